The Kier molecular flexibility index (Phi) is 11.9. The van der Waals surface area contributed by atoms with Gasteiger partial charge in [0, 0.05) is 26.2 Å². The van der Waals surface area contributed by atoms with Crippen molar-refractivity contribution in [3.63, 3.8) is 0 Å². The van der Waals surface area contributed by atoms with Gasteiger partial charge in [0.05, 0.1) is 19.8 Å². The lowest BCUT2D eigenvalue weighted by Crippen LogP contribution is -2.35. The zero-order chi connectivity index (χ0) is 17.0. The van der Waals surface area contributed by atoms with E-state index in [9.17, 15) is 0 Å². The Bertz CT molecular complexity index is 504. The van der Waals surface area contributed by atoms with Gasteiger partial charge in [0.1, 0.15) is 0 Å². The van der Waals surface area contributed by atoms with Crippen LogP contribution in [0.1, 0.15) is 43.7 Å². The molecule has 5 nitrogen and oxygen atoms in total. The second-order valence-corrected chi connectivity index (χ2v) is 6.40. The first-order valence-corrected chi connectivity index (χ1v) is 9.19. The number of nitrogens with zero attached hydrogens (tertiary/aromatic N) is 2. The highest BCUT2D eigenvalue weighted by Crippen LogP contribution is 2.10. The number of hydrogen-bond donors (Lipinski definition) is 2. The maximum absolute atomic E-state index is 5.94. The molecule has 1 aliphatic rings. The molecule has 1 heterocycles. The fourth-order valence-corrected chi connectivity index (χ4v) is 2.84. The topological polar surface area (TPSA) is 62.9 Å². The number of morpholine rings is 1. The van der Waals surface area contributed by atoms with Crippen molar-refractivity contribution in [2.75, 3.05) is 32.8 Å². The molecule has 25 heavy (non-hydrogen) atoms. The Morgan fingerprint density at radius 3 is 2.72 bits per heavy atom. The second kappa shape index (κ2) is 13.4. The normalized spacial score (nSPS) is 15.6. The molecule has 0 saturated carbocycles. The molecule has 0 amide bonds. The summed E-state index contributed by atoms with van der Waals surface area (Å²) in [4.78, 5) is 6.88. The first kappa shape index (κ1) is 22.2. The van der Waals surface area contributed by atoms with Crippen LogP contribution in [0.3, 0.4) is 0 Å². The molecular weight excluding hydrogens is 427 g/mol. The summed E-state index contributed by atoms with van der Waals surface area (Å²) in [6.45, 7) is 8.43. The number of rotatable bonds is 9. The van der Waals surface area contributed by atoms with Crippen LogP contribution in [-0.4, -0.2) is 43.7 Å². The van der Waals surface area contributed by atoms with Gasteiger partial charge >= 0.3 is 0 Å². The van der Waals surface area contributed by atoms with Crippen molar-refractivity contribution in [3.05, 3.63) is 35.4 Å². The first-order valence-electron chi connectivity index (χ1n) is 9.19. The standard InChI is InChI=1S/C19H32N4O.HI/c1-2-3-4-5-9-21-19(20)22-15-17-7-6-8-18(14-17)16-23-10-12-24-13-11-23;/h6-8,14H,2-5,9-13,15-16H2,1H3,(H3,20,21,22);1H. The van der Waals surface area contributed by atoms with E-state index in [0.29, 0.717) is 12.5 Å². The van der Waals surface area contributed by atoms with Gasteiger partial charge in [0.15, 0.2) is 5.96 Å². The van der Waals surface area contributed by atoms with Crippen LogP contribution >= 0.6 is 24.0 Å². The third kappa shape index (κ3) is 9.42. The Hall–Kier alpha value is -0.860. The summed E-state index contributed by atoms with van der Waals surface area (Å²) in [7, 11) is 0. The van der Waals surface area contributed by atoms with Crippen molar-refractivity contribution in [1.29, 1.82) is 0 Å². The molecule has 1 fully saturated rings. The number of unbranched alkanes of at least 4 members (excludes halogenated alkanes) is 3. The molecule has 1 aromatic carbocycles. The van der Waals surface area contributed by atoms with Crippen LogP contribution in [0.25, 0.3) is 0 Å². The highest BCUT2D eigenvalue weighted by atomic mass is 127. The maximum atomic E-state index is 5.94. The molecule has 0 unspecified atom stereocenters. The van der Waals surface area contributed by atoms with Crippen LogP contribution in [0, 0.1) is 0 Å². The number of ether oxygens (including phenoxy) is 1. The Balaban J connectivity index is 0.00000312. The van der Waals surface area contributed by atoms with Gasteiger partial charge in [-0.15, -0.1) is 24.0 Å². The molecule has 0 bridgehead atoms. The van der Waals surface area contributed by atoms with Gasteiger partial charge < -0.3 is 15.8 Å². The second-order valence-electron chi connectivity index (χ2n) is 6.40. The molecule has 1 aliphatic heterocycles. The number of benzene rings is 1. The van der Waals surface area contributed by atoms with Crippen LogP contribution in [0.4, 0.5) is 0 Å². The molecule has 142 valence electrons. The van der Waals surface area contributed by atoms with E-state index in [4.69, 9.17) is 10.5 Å². The summed E-state index contributed by atoms with van der Waals surface area (Å²) < 4.78 is 5.40. The quantitative estimate of drug-likeness (QED) is 0.257. The van der Waals surface area contributed by atoms with Crippen molar-refractivity contribution in [3.8, 4) is 0 Å². The van der Waals surface area contributed by atoms with Crippen molar-refractivity contribution < 1.29 is 4.74 Å². The number of guanidine groups is 1. The van der Waals surface area contributed by atoms with Gasteiger partial charge in [-0.1, -0.05) is 50.5 Å². The van der Waals surface area contributed by atoms with Gasteiger partial charge in [-0.3, -0.25) is 4.90 Å². The third-order valence-corrected chi connectivity index (χ3v) is 4.27. The van der Waals surface area contributed by atoms with Crippen LogP contribution in [0.5, 0.6) is 0 Å². The molecule has 1 aromatic rings. The Morgan fingerprint density at radius 1 is 1.20 bits per heavy atom. The van der Waals surface area contributed by atoms with E-state index in [1.54, 1.807) is 0 Å². The summed E-state index contributed by atoms with van der Waals surface area (Å²) in [5.41, 5.74) is 8.47. The lowest BCUT2D eigenvalue weighted by Gasteiger charge is -2.26. The molecule has 0 spiro atoms. The van der Waals surface area contributed by atoms with Crippen molar-refractivity contribution in [2.45, 2.75) is 45.7 Å². The van der Waals surface area contributed by atoms with Crippen LogP contribution in [0.2, 0.25) is 0 Å². The lowest BCUT2D eigenvalue weighted by molar-refractivity contribution is 0.0342. The fraction of sp³-hybridized carbons (Fsp3) is 0.632. The lowest BCUT2D eigenvalue weighted by atomic mass is 10.1. The molecule has 0 aromatic heterocycles. The highest BCUT2D eigenvalue weighted by molar-refractivity contribution is 14.0. The van der Waals surface area contributed by atoms with E-state index in [-0.39, 0.29) is 24.0 Å². The van der Waals surface area contributed by atoms with E-state index >= 15 is 0 Å². The van der Waals surface area contributed by atoms with E-state index in [2.05, 4.69) is 46.4 Å². The SMILES string of the molecule is CCCCCCNC(N)=NCc1cccc(CN2CCOCC2)c1.I. The van der Waals surface area contributed by atoms with Gasteiger partial charge in [-0.25, -0.2) is 4.99 Å². The van der Waals surface area contributed by atoms with Crippen molar-refractivity contribution >= 4 is 29.9 Å². The largest absolute Gasteiger partial charge is 0.379 e. The molecule has 0 atom stereocenters. The number of aliphatic imine (C=N–C) groups is 1. The molecule has 0 radical (unpaired) electrons. The first-order chi connectivity index (χ1) is 11.8. The minimum Gasteiger partial charge on any atom is -0.379 e. The predicted molar refractivity (Wildman–Crippen MR) is 115 cm³/mol. The number of nitrogens with two attached hydrogens (primary N) is 1. The van der Waals surface area contributed by atoms with Gasteiger partial charge in [0.25, 0.3) is 0 Å². The van der Waals surface area contributed by atoms with Crippen LogP contribution < -0.4 is 11.1 Å². The van der Waals surface area contributed by atoms with Crippen molar-refractivity contribution in [1.82, 2.24) is 10.2 Å². The summed E-state index contributed by atoms with van der Waals surface area (Å²) in [5, 5.41) is 3.20. The molecule has 1 saturated heterocycles. The van der Waals surface area contributed by atoms with Crippen LogP contribution in [-0.2, 0) is 17.8 Å². The Morgan fingerprint density at radius 2 is 1.96 bits per heavy atom. The molecule has 3 N–H and O–H groups in total. The molecule has 0 aliphatic carbocycles. The van der Waals surface area contributed by atoms with Gasteiger partial charge in [-0.2, -0.15) is 0 Å². The fourth-order valence-electron chi connectivity index (χ4n) is 2.84. The minimum absolute atomic E-state index is 0. The molecule has 2 rings (SSSR count). The zero-order valence-electron chi connectivity index (χ0n) is 15.4. The highest BCUT2D eigenvalue weighted by Gasteiger charge is 2.10. The summed E-state index contributed by atoms with van der Waals surface area (Å²) in [6, 6.07) is 8.63. The monoisotopic (exact) mass is 460 g/mol. The average molecular weight is 460 g/mol. The van der Waals surface area contributed by atoms with E-state index in [1.807, 2.05) is 0 Å². The van der Waals surface area contributed by atoms with E-state index in [1.165, 1.54) is 30.4 Å². The summed E-state index contributed by atoms with van der Waals surface area (Å²) in [6.07, 6.45) is 4.94. The number of nitrogens with one attached hydrogen (secondary N) is 1. The average Bonchev–Trinajstić information content (AvgIpc) is 2.61. The Labute approximate surface area is 169 Å². The van der Waals surface area contributed by atoms with Gasteiger partial charge in [-0.05, 0) is 17.5 Å². The number of hydrogen-bond acceptors (Lipinski definition) is 3. The minimum atomic E-state index is 0. The van der Waals surface area contributed by atoms with E-state index < -0.39 is 0 Å². The summed E-state index contributed by atoms with van der Waals surface area (Å²) >= 11 is 0. The number of halogens is 1. The molecular formula is C19H33IN4O. The van der Waals surface area contributed by atoms with Gasteiger partial charge in [0.2, 0.25) is 0 Å². The van der Waals surface area contributed by atoms with E-state index in [0.717, 1.165) is 45.8 Å². The maximum Gasteiger partial charge on any atom is 0.188 e. The summed E-state index contributed by atoms with van der Waals surface area (Å²) in [5.74, 6) is 0.546. The predicted octanol–water partition coefficient (Wildman–Crippen LogP) is 3.12. The zero-order valence-corrected chi connectivity index (χ0v) is 17.7. The van der Waals surface area contributed by atoms with Crippen molar-refractivity contribution in [2.24, 2.45) is 10.7 Å². The molecule has 6 heteroatoms. The van der Waals surface area contributed by atoms with Crippen LogP contribution in [0.15, 0.2) is 29.3 Å². The third-order valence-electron chi connectivity index (χ3n) is 4.27. The smallest absolute Gasteiger partial charge is 0.188 e.